The van der Waals surface area contributed by atoms with Gasteiger partial charge in [-0.15, -0.1) is 0 Å². The summed E-state index contributed by atoms with van der Waals surface area (Å²) in [6.07, 6.45) is 6.46. The fourth-order valence-electron chi connectivity index (χ4n) is 2.84. The second-order valence-corrected chi connectivity index (χ2v) is 9.52. The molecule has 2 rings (SSSR count). The van der Waals surface area contributed by atoms with Crippen molar-refractivity contribution in [3.63, 3.8) is 0 Å². The monoisotopic (exact) mass is 329 g/mol. The van der Waals surface area contributed by atoms with Crippen LogP contribution in [0.15, 0.2) is 24.3 Å². The van der Waals surface area contributed by atoms with E-state index in [1.807, 2.05) is 0 Å². The number of hydrogen-bond acceptors (Lipinski definition) is 3. The van der Waals surface area contributed by atoms with Crippen molar-refractivity contribution in [2.24, 2.45) is 0 Å². The third-order valence-corrected chi connectivity index (χ3v) is 7.63. The Morgan fingerprint density at radius 2 is 1.55 bits per heavy atom. The predicted octanol–water partition coefficient (Wildman–Crippen LogP) is 5.24. The van der Waals surface area contributed by atoms with E-state index in [1.54, 1.807) is 0 Å². The first-order valence-corrected chi connectivity index (χ1v) is 10.8. The van der Waals surface area contributed by atoms with Gasteiger partial charge in [0.2, 0.25) is 0 Å². The Morgan fingerprint density at radius 1 is 1.00 bits per heavy atom. The number of rotatable bonds is 8. The van der Waals surface area contributed by atoms with Crippen molar-refractivity contribution in [3.8, 4) is 0 Å². The summed E-state index contributed by atoms with van der Waals surface area (Å²) < 4.78 is 0.258. The van der Waals surface area contributed by atoms with Crippen LogP contribution in [0.4, 0.5) is 5.69 Å². The standard InChI is InChI=1S/C18H28NS2.Li/c1-3-5-12-19(13-6-4-2)17-10-8-16(9-11-17)18-20-14-7-15-21-18;/h8-11H,3-7,12-15H2,1-2H3;. The maximum atomic E-state index is 2.57. The van der Waals surface area contributed by atoms with Gasteiger partial charge in [0.25, 0.3) is 0 Å². The third kappa shape index (κ3) is 5.16. The summed E-state index contributed by atoms with van der Waals surface area (Å²) in [5, 5.41) is 0. The van der Waals surface area contributed by atoms with E-state index >= 15 is 0 Å². The molecule has 0 unspecified atom stereocenters. The van der Waals surface area contributed by atoms with Gasteiger partial charge in [-0.1, -0.05) is 0 Å². The maximum absolute atomic E-state index is 2.57. The molecule has 0 saturated carbocycles. The van der Waals surface area contributed by atoms with Crippen LogP contribution in [0.25, 0.3) is 0 Å². The molecule has 1 aromatic rings. The van der Waals surface area contributed by atoms with Gasteiger partial charge in [0.1, 0.15) is 0 Å². The van der Waals surface area contributed by atoms with Crippen LogP contribution in [0.1, 0.15) is 51.5 Å². The first-order chi connectivity index (χ1) is 10.7. The minimum atomic E-state index is 0.258. The molecule has 4 heteroatoms. The van der Waals surface area contributed by atoms with E-state index < -0.39 is 0 Å². The first-order valence-electron chi connectivity index (χ1n) is 8.83. The van der Waals surface area contributed by atoms with E-state index in [0.29, 0.717) is 0 Å². The molecule has 0 N–H and O–H groups in total. The van der Waals surface area contributed by atoms with Crippen molar-refractivity contribution in [2.75, 3.05) is 29.5 Å². The topological polar surface area (TPSA) is 3.24 Å². The Hall–Kier alpha value is 0.317. The number of hydrogen-bond donors (Lipinski definition) is 0. The zero-order valence-corrected chi connectivity index (χ0v) is 16.1. The molecule has 0 bridgehead atoms. The molecule has 1 aliphatic heterocycles. The molecule has 0 aliphatic carbocycles. The summed E-state index contributed by atoms with van der Waals surface area (Å²) in [4.78, 5) is 2.57. The molecule has 1 heterocycles. The van der Waals surface area contributed by atoms with Gasteiger partial charge in [0, 0.05) is 0 Å². The molecule has 1 aromatic carbocycles. The van der Waals surface area contributed by atoms with Crippen molar-refractivity contribution < 1.29 is 0 Å². The Balaban J connectivity index is 2.07. The number of nitrogens with zero attached hydrogens (tertiary/aromatic N) is 1. The summed E-state index contributed by atoms with van der Waals surface area (Å²) in [5.41, 5.74) is 2.89. The summed E-state index contributed by atoms with van der Waals surface area (Å²) in [5.74, 6) is 2.59. The molecule has 22 heavy (non-hydrogen) atoms. The fraction of sp³-hybridized carbons (Fsp3) is 0.667. The predicted molar refractivity (Wildman–Crippen MR) is 105 cm³/mol. The molecule has 0 spiro atoms. The fourth-order valence-corrected chi connectivity index (χ4v) is 5.82. The summed E-state index contributed by atoms with van der Waals surface area (Å²) in [6, 6.07) is 9.43. The van der Waals surface area contributed by atoms with Crippen LogP contribution >= 0.6 is 23.5 Å². The quantitative estimate of drug-likeness (QED) is 0.600. The van der Waals surface area contributed by atoms with Gasteiger partial charge < -0.3 is 0 Å². The molecule has 1 saturated heterocycles. The molecule has 0 radical (unpaired) electrons. The van der Waals surface area contributed by atoms with Gasteiger partial charge in [-0.25, -0.2) is 0 Å². The van der Waals surface area contributed by atoms with Gasteiger partial charge >= 0.3 is 155 Å². The van der Waals surface area contributed by atoms with Crippen LogP contribution in [0.2, 0.25) is 0 Å². The van der Waals surface area contributed by atoms with E-state index in [0.717, 1.165) is 0 Å². The van der Waals surface area contributed by atoms with Crippen molar-refractivity contribution in [1.29, 1.82) is 0 Å². The van der Waals surface area contributed by atoms with Crippen LogP contribution < -0.4 is 4.90 Å². The van der Waals surface area contributed by atoms with Gasteiger partial charge in [0.05, 0.1) is 0 Å². The van der Waals surface area contributed by atoms with Crippen LogP contribution in [-0.2, 0) is 2.75 Å². The van der Waals surface area contributed by atoms with Crippen molar-refractivity contribution >= 4 is 46.9 Å². The SMILES string of the molecule is [Li][C]1(c2ccc(N(CCCC)CCCC)cc2)SCCCS1. The normalized spacial score (nSPS) is 17.5. The molecule has 1 aliphatic rings. The van der Waals surface area contributed by atoms with Crippen LogP contribution in [-0.4, -0.2) is 42.3 Å². The van der Waals surface area contributed by atoms with E-state index in [1.165, 1.54) is 68.0 Å². The van der Waals surface area contributed by atoms with Crippen molar-refractivity contribution in [1.82, 2.24) is 0 Å². The van der Waals surface area contributed by atoms with Crippen molar-refractivity contribution in [2.45, 2.75) is 48.7 Å². The number of anilines is 1. The Kier molecular flexibility index (Phi) is 8.12. The first kappa shape index (κ1) is 18.7. The van der Waals surface area contributed by atoms with Crippen LogP contribution in [0.5, 0.6) is 0 Å². The van der Waals surface area contributed by atoms with E-state index in [4.69, 9.17) is 0 Å². The van der Waals surface area contributed by atoms with Gasteiger partial charge in [-0.3, -0.25) is 0 Å². The van der Waals surface area contributed by atoms with Gasteiger partial charge in [-0.05, 0) is 0 Å². The summed E-state index contributed by atoms with van der Waals surface area (Å²) in [7, 11) is 0. The van der Waals surface area contributed by atoms with E-state index in [2.05, 4.69) is 84.3 Å². The van der Waals surface area contributed by atoms with Gasteiger partial charge in [0.15, 0.2) is 0 Å². The van der Waals surface area contributed by atoms with Crippen LogP contribution in [0.3, 0.4) is 0 Å². The van der Waals surface area contributed by atoms with E-state index in [-0.39, 0.29) is 2.75 Å². The third-order valence-electron chi connectivity index (χ3n) is 4.36. The molecular weight excluding hydrogens is 301 g/mol. The molecular formula is C18H28LiNS2. The molecule has 0 aromatic heterocycles. The Labute approximate surface area is 154 Å². The average Bonchev–Trinajstić information content (AvgIpc) is 2.56. The molecule has 1 nitrogen and oxygen atoms in total. The molecule has 0 amide bonds. The minimum absolute atomic E-state index is 0.258. The Morgan fingerprint density at radius 3 is 2.05 bits per heavy atom. The van der Waals surface area contributed by atoms with Gasteiger partial charge in [-0.2, -0.15) is 0 Å². The average molecular weight is 330 g/mol. The number of unbranched alkanes of at least 4 members (excludes halogenated alkanes) is 2. The number of thioether (sulfide) groups is 2. The van der Waals surface area contributed by atoms with E-state index in [9.17, 15) is 0 Å². The van der Waals surface area contributed by atoms with Crippen molar-refractivity contribution in [3.05, 3.63) is 29.8 Å². The summed E-state index contributed by atoms with van der Waals surface area (Å²) >= 11 is 6.61. The Bertz CT molecular complexity index is 421. The number of benzene rings is 1. The molecule has 0 atom stereocenters. The second kappa shape index (κ2) is 9.57. The summed E-state index contributed by atoms with van der Waals surface area (Å²) in [6.45, 7) is 6.94. The molecule has 118 valence electrons. The zero-order chi connectivity index (χ0) is 15.8. The molecule has 1 fully saturated rings. The zero-order valence-electron chi connectivity index (χ0n) is 14.4. The second-order valence-electron chi connectivity index (χ2n) is 6.24. The van der Waals surface area contributed by atoms with Crippen LogP contribution in [0, 0.1) is 0 Å².